The van der Waals surface area contributed by atoms with Gasteiger partial charge in [-0.2, -0.15) is 4.31 Å². The number of hydrogen-bond donors (Lipinski definition) is 1. The molecule has 1 aromatic rings. The van der Waals surface area contributed by atoms with Gasteiger partial charge in [-0.15, -0.1) is 0 Å². The number of rotatable bonds is 3. The molecule has 2 rings (SSSR count). The Balaban J connectivity index is 2.35. The molecule has 1 heterocycles. The van der Waals surface area contributed by atoms with Crippen LogP contribution in [0, 0.1) is 17.6 Å². The molecule has 1 aliphatic rings. The molecule has 1 aliphatic heterocycles. The van der Waals surface area contributed by atoms with Crippen molar-refractivity contribution in [1.29, 1.82) is 0 Å². The van der Waals surface area contributed by atoms with Crippen molar-refractivity contribution in [1.82, 2.24) is 4.31 Å². The molecule has 5 nitrogen and oxygen atoms in total. The van der Waals surface area contributed by atoms with Crippen molar-refractivity contribution in [2.45, 2.75) is 17.7 Å². The van der Waals surface area contributed by atoms with Gasteiger partial charge in [0.15, 0.2) is 0 Å². The van der Waals surface area contributed by atoms with Gasteiger partial charge in [0.05, 0.1) is 5.92 Å². The maximum absolute atomic E-state index is 13.6. The molecule has 0 radical (unpaired) electrons. The first kappa shape index (κ1) is 14.9. The summed E-state index contributed by atoms with van der Waals surface area (Å²) < 4.78 is 52.1. The number of aliphatic carboxylic acids is 1. The SMILES string of the molecule is O=C(O)[C@H]1CCCN(S(=O)(=O)c2cc(F)ccc2F)C1. The van der Waals surface area contributed by atoms with Gasteiger partial charge in [-0.1, -0.05) is 0 Å². The van der Waals surface area contributed by atoms with Gasteiger partial charge < -0.3 is 5.11 Å². The van der Waals surface area contributed by atoms with E-state index in [0.29, 0.717) is 18.9 Å². The summed E-state index contributed by atoms with van der Waals surface area (Å²) >= 11 is 0. The molecular weight excluding hydrogens is 292 g/mol. The fourth-order valence-corrected chi connectivity index (χ4v) is 3.78. The summed E-state index contributed by atoms with van der Waals surface area (Å²) in [6.45, 7) is -0.129. The zero-order valence-electron chi connectivity index (χ0n) is 10.4. The quantitative estimate of drug-likeness (QED) is 0.917. The number of piperidine rings is 1. The van der Waals surface area contributed by atoms with E-state index in [0.717, 1.165) is 16.4 Å². The minimum Gasteiger partial charge on any atom is -0.481 e. The van der Waals surface area contributed by atoms with Crippen LogP contribution in [0.2, 0.25) is 0 Å². The number of hydrogen-bond acceptors (Lipinski definition) is 3. The molecule has 1 saturated heterocycles. The molecule has 0 amide bonds. The molecule has 0 spiro atoms. The average Bonchev–Trinajstić information content (AvgIpc) is 2.41. The third kappa shape index (κ3) is 2.80. The number of halogens is 2. The van der Waals surface area contributed by atoms with Crippen LogP contribution in [-0.4, -0.2) is 36.9 Å². The van der Waals surface area contributed by atoms with E-state index in [2.05, 4.69) is 0 Å². The Bertz CT molecular complexity index is 632. The Hall–Kier alpha value is -1.54. The summed E-state index contributed by atoms with van der Waals surface area (Å²) in [6.07, 6.45) is 0.736. The van der Waals surface area contributed by atoms with Gasteiger partial charge in [0.25, 0.3) is 0 Å². The summed E-state index contributed by atoms with van der Waals surface area (Å²) in [5.74, 6) is -3.83. The standard InChI is InChI=1S/C12H13F2NO4S/c13-9-3-4-10(14)11(6-9)20(18,19)15-5-1-2-8(7-15)12(16)17/h3-4,6,8H,1-2,5,7H2,(H,16,17)/t8-/m0/s1. The summed E-state index contributed by atoms with van der Waals surface area (Å²) in [6, 6.07) is 2.17. The third-order valence-corrected chi connectivity index (χ3v) is 5.12. The molecule has 1 atom stereocenters. The van der Waals surface area contributed by atoms with E-state index in [1.807, 2.05) is 0 Å². The highest BCUT2D eigenvalue weighted by atomic mass is 32.2. The predicted octanol–water partition coefficient (Wildman–Crippen LogP) is 1.45. The number of sulfonamides is 1. The summed E-state index contributed by atoms with van der Waals surface area (Å²) in [7, 11) is -4.23. The molecule has 0 unspecified atom stereocenters. The highest BCUT2D eigenvalue weighted by molar-refractivity contribution is 7.89. The molecule has 0 saturated carbocycles. The Morgan fingerprint density at radius 1 is 1.35 bits per heavy atom. The van der Waals surface area contributed by atoms with E-state index in [4.69, 9.17) is 5.11 Å². The van der Waals surface area contributed by atoms with Gasteiger partial charge in [0.2, 0.25) is 10.0 Å². The lowest BCUT2D eigenvalue weighted by Gasteiger charge is -2.29. The lowest BCUT2D eigenvalue weighted by Crippen LogP contribution is -2.42. The highest BCUT2D eigenvalue weighted by Crippen LogP contribution is 2.25. The minimum atomic E-state index is -4.23. The van der Waals surface area contributed by atoms with Gasteiger partial charge in [-0.3, -0.25) is 4.79 Å². The number of carboxylic acid groups (broad SMARTS) is 1. The molecule has 0 aliphatic carbocycles. The lowest BCUT2D eigenvalue weighted by atomic mass is 10.0. The summed E-state index contributed by atoms with van der Waals surface area (Å²) in [4.78, 5) is 10.2. The predicted molar refractivity (Wildman–Crippen MR) is 65.5 cm³/mol. The molecule has 110 valence electrons. The monoisotopic (exact) mass is 305 g/mol. The van der Waals surface area contributed by atoms with Gasteiger partial charge in [-0.25, -0.2) is 17.2 Å². The molecule has 1 fully saturated rings. The van der Waals surface area contributed by atoms with E-state index in [9.17, 15) is 22.0 Å². The Labute approximate surface area is 114 Å². The van der Waals surface area contributed by atoms with Crippen LogP contribution in [0.3, 0.4) is 0 Å². The van der Waals surface area contributed by atoms with Crippen LogP contribution in [-0.2, 0) is 14.8 Å². The smallest absolute Gasteiger partial charge is 0.307 e. The Morgan fingerprint density at radius 3 is 2.70 bits per heavy atom. The van der Waals surface area contributed by atoms with Gasteiger partial charge in [0, 0.05) is 13.1 Å². The van der Waals surface area contributed by atoms with E-state index >= 15 is 0 Å². The van der Waals surface area contributed by atoms with Crippen LogP contribution in [0.1, 0.15) is 12.8 Å². The normalized spacial score (nSPS) is 20.8. The van der Waals surface area contributed by atoms with Crippen LogP contribution in [0.15, 0.2) is 23.1 Å². The van der Waals surface area contributed by atoms with Crippen molar-refractivity contribution >= 4 is 16.0 Å². The highest BCUT2D eigenvalue weighted by Gasteiger charge is 2.34. The van der Waals surface area contributed by atoms with E-state index in [1.54, 1.807) is 0 Å². The lowest BCUT2D eigenvalue weighted by molar-refractivity contribution is -0.142. The second-order valence-corrected chi connectivity index (χ2v) is 6.52. The second kappa shape index (κ2) is 5.45. The van der Waals surface area contributed by atoms with Gasteiger partial charge >= 0.3 is 5.97 Å². The molecule has 0 aromatic heterocycles. The van der Waals surface area contributed by atoms with E-state index in [-0.39, 0.29) is 13.1 Å². The van der Waals surface area contributed by atoms with Crippen LogP contribution < -0.4 is 0 Å². The zero-order chi connectivity index (χ0) is 14.9. The maximum atomic E-state index is 13.6. The maximum Gasteiger partial charge on any atom is 0.307 e. The number of nitrogens with zero attached hydrogens (tertiary/aromatic N) is 1. The largest absolute Gasteiger partial charge is 0.481 e. The van der Waals surface area contributed by atoms with Crippen molar-refractivity contribution in [2.24, 2.45) is 5.92 Å². The first-order chi connectivity index (χ1) is 9.32. The van der Waals surface area contributed by atoms with Crippen LogP contribution >= 0.6 is 0 Å². The van der Waals surface area contributed by atoms with Crippen LogP contribution in [0.4, 0.5) is 8.78 Å². The van der Waals surface area contributed by atoms with Crippen molar-refractivity contribution in [3.05, 3.63) is 29.8 Å². The number of carbonyl (C=O) groups is 1. The first-order valence-electron chi connectivity index (χ1n) is 6.00. The van der Waals surface area contributed by atoms with Crippen molar-refractivity contribution in [3.63, 3.8) is 0 Å². The van der Waals surface area contributed by atoms with E-state index < -0.39 is 38.4 Å². The van der Waals surface area contributed by atoms with Crippen molar-refractivity contribution in [2.75, 3.05) is 13.1 Å². The fourth-order valence-electron chi connectivity index (χ4n) is 2.18. The molecular formula is C12H13F2NO4S. The molecule has 8 heteroatoms. The van der Waals surface area contributed by atoms with Crippen molar-refractivity contribution < 1.29 is 27.1 Å². The van der Waals surface area contributed by atoms with Gasteiger partial charge in [0.1, 0.15) is 16.5 Å². The third-order valence-electron chi connectivity index (χ3n) is 3.24. The minimum absolute atomic E-state index is 0.0993. The van der Waals surface area contributed by atoms with Crippen LogP contribution in [0.5, 0.6) is 0 Å². The molecule has 1 N–H and O–H groups in total. The molecule has 0 bridgehead atoms. The van der Waals surface area contributed by atoms with Crippen LogP contribution in [0.25, 0.3) is 0 Å². The average molecular weight is 305 g/mol. The van der Waals surface area contributed by atoms with Crippen molar-refractivity contribution in [3.8, 4) is 0 Å². The summed E-state index contributed by atoms with van der Waals surface area (Å²) in [5.41, 5.74) is 0. The zero-order valence-corrected chi connectivity index (χ0v) is 11.2. The number of benzene rings is 1. The number of carboxylic acids is 1. The topological polar surface area (TPSA) is 74.7 Å². The summed E-state index contributed by atoms with van der Waals surface area (Å²) in [5, 5.41) is 8.94. The molecule has 1 aromatic carbocycles. The van der Waals surface area contributed by atoms with E-state index in [1.165, 1.54) is 0 Å². The Kier molecular flexibility index (Phi) is 4.05. The van der Waals surface area contributed by atoms with Gasteiger partial charge in [-0.05, 0) is 31.0 Å². The first-order valence-corrected chi connectivity index (χ1v) is 7.44. The second-order valence-electron chi connectivity index (χ2n) is 4.62. The fraction of sp³-hybridized carbons (Fsp3) is 0.417. The Morgan fingerprint density at radius 2 is 2.05 bits per heavy atom. The molecule has 20 heavy (non-hydrogen) atoms.